The summed E-state index contributed by atoms with van der Waals surface area (Å²) >= 11 is 11.8. The molecule has 0 amide bonds. The highest BCUT2D eigenvalue weighted by Gasteiger charge is 2.24. The number of nitrogens with zero attached hydrogens (tertiary/aromatic N) is 5. The summed E-state index contributed by atoms with van der Waals surface area (Å²) in [5.41, 5.74) is 0.178. The molecule has 0 bridgehead atoms. The number of hydrogen-bond acceptors (Lipinski definition) is 6. The number of pyridine rings is 1. The fourth-order valence-corrected chi connectivity index (χ4v) is 4.01. The van der Waals surface area contributed by atoms with E-state index in [0.717, 1.165) is 0 Å². The van der Waals surface area contributed by atoms with E-state index in [9.17, 15) is 8.42 Å². The Morgan fingerprint density at radius 2 is 1.97 bits per heavy atom. The summed E-state index contributed by atoms with van der Waals surface area (Å²) in [5.74, 6) is 0.893. The molecule has 0 atom stereocenters. The monoisotopic (exact) mass is 448 g/mol. The lowest BCUT2D eigenvalue weighted by Crippen LogP contribution is -2.26. The van der Waals surface area contributed by atoms with Gasteiger partial charge in [-0.15, -0.1) is 5.10 Å². The number of benzene rings is 1. The zero-order valence-electron chi connectivity index (χ0n) is 14.5. The number of anilines is 1. The number of halogens is 2. The van der Waals surface area contributed by atoms with E-state index in [0.29, 0.717) is 16.9 Å². The smallest absolute Gasteiger partial charge is 0.277 e. The molecule has 0 saturated heterocycles. The molecule has 29 heavy (non-hydrogen) atoms. The average Bonchev–Trinajstić information content (AvgIpc) is 3.35. The zero-order chi connectivity index (χ0) is 20.6. The number of aromatic nitrogens is 3. The van der Waals surface area contributed by atoms with E-state index < -0.39 is 10.0 Å². The number of sulfonamides is 1. The first-order chi connectivity index (χ1) is 13.8. The van der Waals surface area contributed by atoms with Gasteiger partial charge in [-0.2, -0.15) is 4.58 Å². The van der Waals surface area contributed by atoms with Crippen LogP contribution in [-0.2, 0) is 10.0 Å². The van der Waals surface area contributed by atoms with E-state index in [1.165, 1.54) is 30.7 Å². The van der Waals surface area contributed by atoms with Gasteiger partial charge in [-0.25, -0.2) is 18.5 Å². The molecule has 0 saturated carbocycles. The lowest BCUT2D eigenvalue weighted by atomic mass is 10.3. The van der Waals surface area contributed by atoms with Gasteiger partial charge < -0.3 is 0 Å². The minimum atomic E-state index is -3.99. The van der Waals surface area contributed by atoms with Crippen LogP contribution in [0.1, 0.15) is 0 Å². The Bertz CT molecular complexity index is 1380. The van der Waals surface area contributed by atoms with Crippen LogP contribution in [0.15, 0.2) is 57.8 Å². The second-order valence-corrected chi connectivity index (χ2v) is 8.38. The maximum Gasteiger partial charge on any atom is 0.303 e. The van der Waals surface area contributed by atoms with Crippen molar-refractivity contribution in [2.75, 3.05) is 4.72 Å². The third kappa shape index (κ3) is 3.77. The first-order valence-electron chi connectivity index (χ1n) is 8.05. The first-order valence-corrected chi connectivity index (χ1v) is 10.3. The number of azo groups is 1. The molecule has 0 spiro atoms. The van der Waals surface area contributed by atoms with E-state index in [1.807, 2.05) is 0 Å². The van der Waals surface area contributed by atoms with Gasteiger partial charge in [-0.3, -0.25) is 4.72 Å². The van der Waals surface area contributed by atoms with Gasteiger partial charge in [0, 0.05) is 22.5 Å². The SMILES string of the molecule is C=c1cnc(=C2N=NC=[N+]2c2ccn[nH]2)c(NS(=O)(=O)c2ccc(Cl)c(Cl)c2)c1. The highest BCUT2D eigenvalue weighted by atomic mass is 35.5. The Labute approximate surface area is 174 Å². The van der Waals surface area contributed by atoms with E-state index in [2.05, 4.69) is 36.7 Å². The van der Waals surface area contributed by atoms with Crippen molar-refractivity contribution in [3.8, 4) is 0 Å². The summed E-state index contributed by atoms with van der Waals surface area (Å²) < 4.78 is 29.9. The molecule has 3 aromatic rings. The Kier molecular flexibility index (Phi) is 4.91. The summed E-state index contributed by atoms with van der Waals surface area (Å²) in [6, 6.07) is 7.28. The number of hydrogen-bond donors (Lipinski definition) is 2. The maximum absolute atomic E-state index is 12.9. The van der Waals surface area contributed by atoms with Gasteiger partial charge in [0.2, 0.25) is 12.2 Å². The number of aromatic amines is 1. The van der Waals surface area contributed by atoms with Crippen LogP contribution in [0.4, 0.5) is 11.5 Å². The van der Waals surface area contributed by atoms with Crippen molar-refractivity contribution in [1.82, 2.24) is 15.2 Å². The molecule has 2 N–H and O–H groups in total. The van der Waals surface area contributed by atoms with Crippen molar-refractivity contribution >= 4 is 63.5 Å². The molecule has 0 fully saturated rings. The van der Waals surface area contributed by atoms with E-state index in [4.69, 9.17) is 23.2 Å². The Morgan fingerprint density at radius 3 is 2.69 bits per heavy atom. The van der Waals surface area contributed by atoms with Crippen molar-refractivity contribution in [2.45, 2.75) is 4.90 Å². The zero-order valence-corrected chi connectivity index (χ0v) is 16.9. The fraction of sp³-hybridized carbons (Fsp3) is 0. The number of rotatable bonds is 4. The first kappa shape index (κ1) is 19.2. The van der Waals surface area contributed by atoms with Gasteiger partial charge in [0.25, 0.3) is 10.0 Å². The largest absolute Gasteiger partial charge is 0.303 e. The molecular formula is C17H12Cl2N7O2S+. The fourth-order valence-electron chi connectivity index (χ4n) is 2.57. The van der Waals surface area contributed by atoms with Gasteiger partial charge >= 0.3 is 5.82 Å². The van der Waals surface area contributed by atoms with Crippen molar-refractivity contribution in [3.63, 3.8) is 0 Å². The number of nitrogens with one attached hydrogen (secondary N) is 2. The van der Waals surface area contributed by atoms with Gasteiger partial charge in [-0.1, -0.05) is 29.8 Å². The molecule has 9 nitrogen and oxygen atoms in total. The van der Waals surface area contributed by atoms with Gasteiger partial charge in [0.1, 0.15) is 0 Å². The second kappa shape index (κ2) is 7.39. The van der Waals surface area contributed by atoms with Crippen LogP contribution in [0.2, 0.25) is 10.0 Å². The van der Waals surface area contributed by atoms with Crippen LogP contribution < -0.4 is 15.3 Å². The van der Waals surface area contributed by atoms with Gasteiger partial charge in [0.15, 0.2) is 5.35 Å². The average molecular weight is 449 g/mol. The third-order valence-electron chi connectivity index (χ3n) is 3.90. The van der Waals surface area contributed by atoms with E-state index in [-0.39, 0.29) is 26.0 Å². The molecule has 0 aliphatic carbocycles. The molecule has 4 rings (SSSR count). The third-order valence-corrected chi connectivity index (χ3v) is 6.00. The van der Waals surface area contributed by atoms with Crippen molar-refractivity contribution in [3.05, 3.63) is 63.3 Å². The maximum atomic E-state index is 12.9. The predicted molar refractivity (Wildman–Crippen MR) is 109 cm³/mol. The molecule has 1 aromatic carbocycles. The molecule has 146 valence electrons. The molecule has 1 aliphatic heterocycles. The van der Waals surface area contributed by atoms with Crippen LogP contribution in [0.25, 0.3) is 12.4 Å². The summed E-state index contributed by atoms with van der Waals surface area (Å²) in [6.07, 6.45) is 4.53. The summed E-state index contributed by atoms with van der Waals surface area (Å²) in [6.45, 7) is 3.81. The Morgan fingerprint density at radius 1 is 1.14 bits per heavy atom. The minimum Gasteiger partial charge on any atom is -0.277 e. The number of H-pyrrole nitrogens is 1. The highest BCUT2D eigenvalue weighted by Crippen LogP contribution is 2.25. The second-order valence-electron chi connectivity index (χ2n) is 5.89. The minimum absolute atomic E-state index is 0.0534. The topological polar surface area (TPSA) is 115 Å². The molecule has 0 unspecified atom stereocenters. The molecule has 1 aliphatic rings. The van der Waals surface area contributed by atoms with Crippen LogP contribution in [0, 0.1) is 0 Å². The Balaban J connectivity index is 1.85. The van der Waals surface area contributed by atoms with Crippen LogP contribution in [0.3, 0.4) is 0 Å². The van der Waals surface area contributed by atoms with Crippen LogP contribution in [-0.4, -0.2) is 34.5 Å². The molecule has 0 radical (unpaired) electrons. The lowest BCUT2D eigenvalue weighted by Gasteiger charge is -2.09. The highest BCUT2D eigenvalue weighted by molar-refractivity contribution is 7.92. The van der Waals surface area contributed by atoms with Crippen LogP contribution >= 0.6 is 23.2 Å². The summed E-state index contributed by atoms with van der Waals surface area (Å²) in [7, 11) is -3.99. The van der Waals surface area contributed by atoms with E-state index in [1.54, 1.807) is 22.9 Å². The quantitative estimate of drug-likeness (QED) is 0.595. The van der Waals surface area contributed by atoms with E-state index >= 15 is 0 Å². The molecule has 2 aromatic heterocycles. The van der Waals surface area contributed by atoms with Crippen molar-refractivity contribution in [2.24, 2.45) is 10.2 Å². The molecule has 3 heterocycles. The van der Waals surface area contributed by atoms with Crippen molar-refractivity contribution < 1.29 is 13.0 Å². The van der Waals surface area contributed by atoms with Crippen molar-refractivity contribution in [1.29, 1.82) is 0 Å². The molecule has 12 heteroatoms. The summed E-state index contributed by atoms with van der Waals surface area (Å²) in [5, 5.41) is 15.8. The summed E-state index contributed by atoms with van der Waals surface area (Å²) in [4.78, 5) is 4.25. The molecular weight excluding hydrogens is 437 g/mol. The Hall–Kier alpha value is -3.08. The standard InChI is InChI=1S/C17H12Cl2N7O2S/c1-10-6-14(25-29(27,28)11-2-3-12(18)13(19)7-11)16(20-8-10)17-24-22-9-26(17)15-4-5-21-23-15/h2-9,25H,1H2,(H,21,23)/q+1. The lowest BCUT2D eigenvalue weighted by molar-refractivity contribution is -0.333. The van der Waals surface area contributed by atoms with Gasteiger partial charge in [-0.05, 0) is 29.5 Å². The van der Waals surface area contributed by atoms with Crippen LogP contribution in [0.5, 0.6) is 0 Å². The predicted octanol–water partition coefficient (Wildman–Crippen LogP) is 2.23. The van der Waals surface area contributed by atoms with Gasteiger partial charge in [0.05, 0.1) is 26.8 Å². The normalized spacial score (nSPS) is 15.4.